The molecule has 35 heavy (non-hydrogen) atoms. The first kappa shape index (κ1) is 24.2. The van der Waals surface area contributed by atoms with Crippen LogP contribution in [0.25, 0.3) is 0 Å². The lowest BCUT2D eigenvalue weighted by molar-refractivity contribution is 0.0580. The molecule has 0 aliphatic carbocycles. The van der Waals surface area contributed by atoms with Gasteiger partial charge in [-0.1, -0.05) is 60.7 Å². The number of fused-ring (bicyclic) bond motifs is 1. The Hall–Kier alpha value is -3.91. The van der Waals surface area contributed by atoms with E-state index in [1.165, 1.54) is 25.2 Å². The molecule has 2 amide bonds. The number of hydrogen-bond acceptors (Lipinski definition) is 5. The zero-order valence-electron chi connectivity index (χ0n) is 20.0. The molecule has 1 aliphatic heterocycles. The first-order valence-electron chi connectivity index (χ1n) is 11.4. The van der Waals surface area contributed by atoms with Crippen LogP contribution < -0.4 is 5.43 Å². The van der Waals surface area contributed by atoms with Crippen LogP contribution >= 0.6 is 0 Å². The minimum atomic E-state index is -0.855. The summed E-state index contributed by atoms with van der Waals surface area (Å²) >= 11 is 0. The van der Waals surface area contributed by atoms with Gasteiger partial charge in [-0.05, 0) is 11.1 Å². The van der Waals surface area contributed by atoms with Gasteiger partial charge in [0, 0.05) is 46.4 Å². The van der Waals surface area contributed by atoms with E-state index >= 15 is 0 Å². The van der Waals surface area contributed by atoms with E-state index < -0.39 is 29.0 Å². The minimum absolute atomic E-state index is 0.116. The van der Waals surface area contributed by atoms with Gasteiger partial charge in [0.25, 0.3) is 11.8 Å². The number of nitrogens with zero attached hydrogens (tertiary/aromatic N) is 3. The molecule has 0 radical (unpaired) electrons. The van der Waals surface area contributed by atoms with Crippen LogP contribution in [0.15, 0.2) is 71.7 Å². The van der Waals surface area contributed by atoms with Crippen molar-refractivity contribution in [1.82, 2.24) is 14.4 Å². The molecule has 2 aromatic carbocycles. The van der Waals surface area contributed by atoms with Crippen LogP contribution in [0.4, 0.5) is 0 Å². The van der Waals surface area contributed by atoms with Gasteiger partial charge in [0.15, 0.2) is 11.4 Å². The number of rotatable bonds is 7. The van der Waals surface area contributed by atoms with Gasteiger partial charge in [-0.25, -0.2) is 0 Å². The largest absolute Gasteiger partial charge is 0.503 e. The number of hydrogen-bond donors (Lipinski definition) is 1. The lowest BCUT2D eigenvalue weighted by Gasteiger charge is -2.40. The molecule has 0 spiro atoms. The Kier molecular flexibility index (Phi) is 7.02. The number of aromatic nitrogens is 1. The molecule has 0 saturated carbocycles. The summed E-state index contributed by atoms with van der Waals surface area (Å²) in [5.41, 5.74) is 0.865. The molecule has 3 aromatic rings. The summed E-state index contributed by atoms with van der Waals surface area (Å²) < 4.78 is 6.82. The molecule has 182 valence electrons. The first-order valence-corrected chi connectivity index (χ1v) is 11.4. The number of pyridine rings is 1. The maximum atomic E-state index is 13.4. The average molecular weight is 476 g/mol. The van der Waals surface area contributed by atoms with Crippen molar-refractivity contribution in [3.63, 3.8) is 0 Å². The summed E-state index contributed by atoms with van der Waals surface area (Å²) in [6, 6.07) is 19.3. The molecule has 4 rings (SSSR count). The van der Waals surface area contributed by atoms with Crippen LogP contribution in [0.1, 0.15) is 43.9 Å². The maximum Gasteiger partial charge on any atom is 0.274 e. The molecule has 0 saturated heterocycles. The second kappa shape index (κ2) is 10.1. The third-order valence-corrected chi connectivity index (χ3v) is 6.37. The molecule has 1 N–H and O–H groups in total. The van der Waals surface area contributed by atoms with Crippen LogP contribution in [0.3, 0.4) is 0 Å². The second-order valence-electron chi connectivity index (χ2n) is 8.79. The molecule has 1 aromatic heterocycles. The molecule has 8 nitrogen and oxygen atoms in total. The Morgan fingerprint density at radius 1 is 1.06 bits per heavy atom. The van der Waals surface area contributed by atoms with Crippen molar-refractivity contribution in [2.75, 3.05) is 40.9 Å². The predicted molar refractivity (Wildman–Crippen MR) is 132 cm³/mol. The zero-order valence-corrected chi connectivity index (χ0v) is 20.0. The van der Waals surface area contributed by atoms with E-state index in [-0.39, 0.29) is 17.2 Å². The number of aromatic hydroxyl groups is 1. The van der Waals surface area contributed by atoms with Gasteiger partial charge < -0.3 is 24.2 Å². The van der Waals surface area contributed by atoms with Gasteiger partial charge in [0.05, 0.1) is 12.6 Å². The summed E-state index contributed by atoms with van der Waals surface area (Å²) in [7, 11) is 4.63. The monoisotopic (exact) mass is 475 g/mol. The number of carbonyl (C=O) groups is 2. The number of carbonyl (C=O) groups excluding carboxylic acids is 2. The summed E-state index contributed by atoms with van der Waals surface area (Å²) in [4.78, 5) is 42.0. The molecule has 0 unspecified atom stereocenters. The lowest BCUT2D eigenvalue weighted by atomic mass is 9.83. The van der Waals surface area contributed by atoms with Crippen molar-refractivity contribution < 1.29 is 19.4 Å². The molecule has 8 heteroatoms. The Labute approximate surface area is 204 Å². The van der Waals surface area contributed by atoms with Gasteiger partial charge in [-0.15, -0.1) is 0 Å². The van der Waals surface area contributed by atoms with Crippen LogP contribution in [0, 0.1) is 0 Å². The smallest absolute Gasteiger partial charge is 0.274 e. The normalized spacial score (nSPS) is 15.3. The average Bonchev–Trinajstić information content (AvgIpc) is 2.87. The van der Waals surface area contributed by atoms with Gasteiger partial charge in [-0.2, -0.15) is 0 Å². The molecular formula is C27H29N3O5. The number of benzene rings is 2. The van der Waals surface area contributed by atoms with Crippen LogP contribution in [0.2, 0.25) is 0 Å². The highest BCUT2D eigenvalue weighted by atomic mass is 16.5. The van der Waals surface area contributed by atoms with E-state index in [1.807, 2.05) is 60.7 Å². The van der Waals surface area contributed by atoms with Crippen molar-refractivity contribution in [3.8, 4) is 5.75 Å². The van der Waals surface area contributed by atoms with E-state index in [1.54, 1.807) is 16.6 Å². The fraction of sp³-hybridized carbons (Fsp3) is 0.296. The van der Waals surface area contributed by atoms with E-state index in [2.05, 4.69) is 0 Å². The van der Waals surface area contributed by atoms with E-state index in [0.29, 0.717) is 19.7 Å². The van der Waals surface area contributed by atoms with Crippen molar-refractivity contribution in [2.24, 2.45) is 0 Å². The van der Waals surface area contributed by atoms with Gasteiger partial charge in [0.1, 0.15) is 5.56 Å². The summed E-state index contributed by atoms with van der Waals surface area (Å²) in [6.45, 7) is 0.914. The van der Waals surface area contributed by atoms with Crippen molar-refractivity contribution in [1.29, 1.82) is 0 Å². The van der Waals surface area contributed by atoms with Gasteiger partial charge >= 0.3 is 0 Å². The Balaban J connectivity index is 1.98. The topological polar surface area (TPSA) is 92.1 Å². The van der Waals surface area contributed by atoms with Crippen molar-refractivity contribution in [3.05, 3.63) is 99.5 Å². The fourth-order valence-electron chi connectivity index (χ4n) is 4.65. The molecule has 0 fully saturated rings. The van der Waals surface area contributed by atoms with E-state index in [4.69, 9.17) is 4.74 Å². The van der Waals surface area contributed by atoms with Gasteiger partial charge in [-0.3, -0.25) is 14.4 Å². The first-order chi connectivity index (χ1) is 16.8. The van der Waals surface area contributed by atoms with E-state index in [9.17, 15) is 19.5 Å². The molecular weight excluding hydrogens is 446 g/mol. The molecule has 2 heterocycles. The van der Waals surface area contributed by atoms with Crippen molar-refractivity contribution >= 4 is 11.8 Å². The van der Waals surface area contributed by atoms with Crippen LogP contribution in [-0.2, 0) is 4.74 Å². The maximum absolute atomic E-state index is 13.4. The lowest BCUT2D eigenvalue weighted by Crippen LogP contribution is -2.48. The highest BCUT2D eigenvalue weighted by Gasteiger charge is 2.39. The van der Waals surface area contributed by atoms with Crippen molar-refractivity contribution in [2.45, 2.75) is 12.0 Å². The molecule has 1 aliphatic rings. The third kappa shape index (κ3) is 4.57. The third-order valence-electron chi connectivity index (χ3n) is 6.37. The standard InChI is InChI=1S/C27H29N3O5/c1-28(2)26(33)20-16-30-21(17-29(14-15-35-3)27(34)23(30)25(32)24(20)31)22(18-10-6-4-7-11-18)19-12-8-5-9-13-19/h4-13,16,21-22,32H,14-15,17H2,1-3H3/t21-/m1/s1. The number of methoxy groups -OCH3 is 1. The Bertz CT molecular complexity index is 1230. The predicted octanol–water partition coefficient (Wildman–Crippen LogP) is 2.73. The van der Waals surface area contributed by atoms with Crippen LogP contribution in [-0.4, -0.2) is 72.2 Å². The number of ether oxygens (including phenoxy) is 1. The molecule has 0 bridgehead atoms. The summed E-state index contributed by atoms with van der Waals surface area (Å²) in [5, 5.41) is 10.9. The Morgan fingerprint density at radius 2 is 1.63 bits per heavy atom. The fourth-order valence-corrected chi connectivity index (χ4v) is 4.65. The highest BCUT2D eigenvalue weighted by molar-refractivity contribution is 5.99. The summed E-state index contributed by atoms with van der Waals surface area (Å²) in [6.07, 6.45) is 1.43. The zero-order chi connectivity index (χ0) is 25.1. The quantitative estimate of drug-likeness (QED) is 0.567. The minimum Gasteiger partial charge on any atom is -0.503 e. The Morgan fingerprint density at radius 3 is 2.14 bits per heavy atom. The number of amides is 2. The summed E-state index contributed by atoms with van der Waals surface area (Å²) in [5.74, 6) is -1.95. The highest BCUT2D eigenvalue weighted by Crippen LogP contribution is 2.40. The van der Waals surface area contributed by atoms with Gasteiger partial charge in [0.2, 0.25) is 5.43 Å². The van der Waals surface area contributed by atoms with E-state index in [0.717, 1.165) is 11.1 Å². The van der Waals surface area contributed by atoms with Crippen LogP contribution in [0.5, 0.6) is 5.75 Å². The molecule has 1 atom stereocenters. The second-order valence-corrected chi connectivity index (χ2v) is 8.79. The SMILES string of the molecule is COCCN1C[C@H](C(c2ccccc2)c2ccccc2)n2cc(C(=O)N(C)C)c(=O)c(O)c2C1=O.